The van der Waals surface area contributed by atoms with Gasteiger partial charge >= 0.3 is 0 Å². The monoisotopic (exact) mass is 183 g/mol. The molecule has 1 rings (SSSR count). The maximum absolute atomic E-state index is 11.2. The summed E-state index contributed by atoms with van der Waals surface area (Å²) in [7, 11) is 0. The number of amides is 1. The number of nitrogens with zero attached hydrogens (tertiary/aromatic N) is 1. The predicted molar refractivity (Wildman–Crippen MR) is 47.6 cm³/mol. The standard InChI is InChI=1S/C9H13NO3/c1-2-3-4-5-9(12)10-6-8(11)7-13-10/h2-5,8,11H,6-7H2,1H3/b3-2+,5-4+/t8-/m0/s1. The fourth-order valence-electron chi connectivity index (χ4n) is 0.959. The molecule has 4 nitrogen and oxygen atoms in total. The van der Waals surface area contributed by atoms with Crippen molar-refractivity contribution in [2.24, 2.45) is 0 Å². The molecule has 1 heterocycles. The molecule has 13 heavy (non-hydrogen) atoms. The maximum atomic E-state index is 11.2. The fourth-order valence-corrected chi connectivity index (χ4v) is 0.959. The summed E-state index contributed by atoms with van der Waals surface area (Å²) in [5, 5.41) is 10.2. The van der Waals surface area contributed by atoms with Gasteiger partial charge in [0, 0.05) is 6.08 Å². The summed E-state index contributed by atoms with van der Waals surface area (Å²) >= 11 is 0. The zero-order chi connectivity index (χ0) is 9.68. The minimum Gasteiger partial charge on any atom is -0.389 e. The van der Waals surface area contributed by atoms with E-state index in [1.54, 1.807) is 12.2 Å². The number of hydrogen-bond donors (Lipinski definition) is 1. The SMILES string of the molecule is C/C=C/C=C/C(=O)N1C[C@H](O)CO1. The Bertz CT molecular complexity index is 235. The van der Waals surface area contributed by atoms with Gasteiger partial charge in [-0.3, -0.25) is 9.63 Å². The first-order valence-electron chi connectivity index (χ1n) is 4.16. The summed E-state index contributed by atoms with van der Waals surface area (Å²) in [5.74, 6) is -0.241. The van der Waals surface area contributed by atoms with E-state index < -0.39 is 6.10 Å². The van der Waals surface area contributed by atoms with E-state index in [2.05, 4.69) is 0 Å². The summed E-state index contributed by atoms with van der Waals surface area (Å²) in [6, 6.07) is 0. The zero-order valence-corrected chi connectivity index (χ0v) is 7.51. The first-order valence-corrected chi connectivity index (χ1v) is 4.16. The van der Waals surface area contributed by atoms with Crippen LogP contribution in [0.25, 0.3) is 0 Å². The largest absolute Gasteiger partial charge is 0.389 e. The predicted octanol–water partition coefficient (Wildman–Crippen LogP) is 0.253. The molecule has 0 aromatic carbocycles. The zero-order valence-electron chi connectivity index (χ0n) is 7.51. The van der Waals surface area contributed by atoms with Crippen LogP contribution in [0.1, 0.15) is 6.92 Å². The van der Waals surface area contributed by atoms with Crippen LogP contribution in [0, 0.1) is 0 Å². The van der Waals surface area contributed by atoms with Gasteiger partial charge in [0.25, 0.3) is 5.91 Å². The van der Waals surface area contributed by atoms with E-state index in [-0.39, 0.29) is 19.1 Å². The highest BCUT2D eigenvalue weighted by atomic mass is 16.7. The Morgan fingerprint density at radius 1 is 1.62 bits per heavy atom. The number of carbonyl (C=O) groups is 1. The highest BCUT2D eigenvalue weighted by Gasteiger charge is 2.24. The van der Waals surface area contributed by atoms with Gasteiger partial charge in [-0.2, -0.15) is 0 Å². The number of allylic oxidation sites excluding steroid dienone is 3. The third-order valence-electron chi connectivity index (χ3n) is 1.59. The minimum absolute atomic E-state index is 0.198. The first kappa shape index (κ1) is 9.95. The van der Waals surface area contributed by atoms with Gasteiger partial charge in [0.05, 0.1) is 6.54 Å². The topological polar surface area (TPSA) is 49.8 Å². The minimum atomic E-state index is -0.556. The van der Waals surface area contributed by atoms with Gasteiger partial charge in [-0.25, -0.2) is 5.06 Å². The van der Waals surface area contributed by atoms with Crippen molar-refractivity contribution < 1.29 is 14.7 Å². The second kappa shape index (κ2) is 4.79. The first-order chi connectivity index (χ1) is 6.24. The molecular weight excluding hydrogens is 170 g/mol. The number of aliphatic hydroxyl groups is 1. The Balaban J connectivity index is 2.40. The molecule has 1 aliphatic heterocycles. The van der Waals surface area contributed by atoms with Gasteiger partial charge in [0.1, 0.15) is 12.7 Å². The summed E-state index contributed by atoms with van der Waals surface area (Å²) in [5.41, 5.74) is 0. The molecule has 1 aliphatic rings. The summed E-state index contributed by atoms with van der Waals surface area (Å²) in [6.07, 6.45) is 6.06. The number of β-amino-alcohol motifs (C(OH)–C–C–N with tert-alkyl or cyclic N) is 1. The summed E-state index contributed by atoms with van der Waals surface area (Å²) in [4.78, 5) is 16.2. The van der Waals surface area contributed by atoms with Gasteiger partial charge in [-0.05, 0) is 6.92 Å². The third-order valence-corrected chi connectivity index (χ3v) is 1.59. The third kappa shape index (κ3) is 3.01. The maximum Gasteiger partial charge on any atom is 0.270 e. The van der Waals surface area contributed by atoms with E-state index >= 15 is 0 Å². The number of hydrogen-bond acceptors (Lipinski definition) is 3. The van der Waals surface area contributed by atoms with Crippen molar-refractivity contribution in [1.29, 1.82) is 0 Å². The molecule has 0 aliphatic carbocycles. The quantitative estimate of drug-likeness (QED) is 0.493. The Morgan fingerprint density at radius 3 is 2.92 bits per heavy atom. The number of carbonyl (C=O) groups excluding carboxylic acids is 1. The van der Waals surface area contributed by atoms with Crippen molar-refractivity contribution >= 4 is 5.91 Å². The van der Waals surface area contributed by atoms with Crippen molar-refractivity contribution in [3.8, 4) is 0 Å². The number of hydroxylamine groups is 2. The molecule has 4 heteroatoms. The van der Waals surface area contributed by atoms with Crippen molar-refractivity contribution in [2.75, 3.05) is 13.2 Å². The van der Waals surface area contributed by atoms with Crippen LogP contribution in [-0.2, 0) is 9.63 Å². The van der Waals surface area contributed by atoms with E-state index in [0.717, 1.165) is 5.06 Å². The van der Waals surface area contributed by atoms with E-state index in [4.69, 9.17) is 9.94 Å². The van der Waals surface area contributed by atoms with Gasteiger partial charge in [0.2, 0.25) is 0 Å². The number of aliphatic hydroxyl groups excluding tert-OH is 1. The van der Waals surface area contributed by atoms with Crippen LogP contribution in [0.5, 0.6) is 0 Å². The average Bonchev–Trinajstić information content (AvgIpc) is 2.52. The lowest BCUT2D eigenvalue weighted by Crippen LogP contribution is -2.26. The Kier molecular flexibility index (Phi) is 3.67. The smallest absolute Gasteiger partial charge is 0.270 e. The van der Waals surface area contributed by atoms with Crippen molar-refractivity contribution in [2.45, 2.75) is 13.0 Å². The fraction of sp³-hybridized carbons (Fsp3) is 0.444. The second-order valence-corrected chi connectivity index (χ2v) is 2.73. The van der Waals surface area contributed by atoms with Gasteiger partial charge in [-0.1, -0.05) is 18.2 Å². The Labute approximate surface area is 77.1 Å². The van der Waals surface area contributed by atoms with E-state index in [9.17, 15) is 4.79 Å². The lowest BCUT2D eigenvalue weighted by molar-refractivity contribution is -0.162. The summed E-state index contributed by atoms with van der Waals surface area (Å²) < 4.78 is 0. The highest BCUT2D eigenvalue weighted by Crippen LogP contribution is 2.05. The summed E-state index contributed by atoms with van der Waals surface area (Å²) in [6.45, 7) is 2.31. The van der Waals surface area contributed by atoms with Crippen LogP contribution in [0.4, 0.5) is 0 Å². The molecule has 0 aromatic rings. The lowest BCUT2D eigenvalue weighted by atomic mass is 10.4. The van der Waals surface area contributed by atoms with Crippen LogP contribution in [0.15, 0.2) is 24.3 Å². The molecule has 0 saturated carbocycles. The molecule has 0 spiro atoms. The van der Waals surface area contributed by atoms with Gasteiger partial charge in [0.15, 0.2) is 0 Å². The Hall–Kier alpha value is -1.13. The lowest BCUT2D eigenvalue weighted by Gasteiger charge is -2.09. The molecular formula is C9H13NO3. The van der Waals surface area contributed by atoms with E-state index in [1.165, 1.54) is 6.08 Å². The van der Waals surface area contributed by atoms with Crippen LogP contribution < -0.4 is 0 Å². The molecule has 72 valence electrons. The normalized spacial score (nSPS) is 23.5. The molecule has 1 atom stereocenters. The molecule has 1 saturated heterocycles. The average molecular weight is 183 g/mol. The van der Waals surface area contributed by atoms with Crippen LogP contribution in [-0.4, -0.2) is 35.3 Å². The molecule has 0 aromatic heterocycles. The van der Waals surface area contributed by atoms with Gasteiger partial charge in [-0.15, -0.1) is 0 Å². The molecule has 1 fully saturated rings. The van der Waals surface area contributed by atoms with Crippen molar-refractivity contribution in [1.82, 2.24) is 5.06 Å². The Morgan fingerprint density at radius 2 is 2.38 bits per heavy atom. The van der Waals surface area contributed by atoms with Gasteiger partial charge < -0.3 is 5.11 Å². The van der Waals surface area contributed by atoms with Crippen LogP contribution in [0.3, 0.4) is 0 Å². The number of rotatable bonds is 2. The molecule has 0 bridgehead atoms. The van der Waals surface area contributed by atoms with Crippen LogP contribution >= 0.6 is 0 Å². The second-order valence-electron chi connectivity index (χ2n) is 2.73. The molecule has 1 amide bonds. The van der Waals surface area contributed by atoms with E-state index in [0.29, 0.717) is 0 Å². The van der Waals surface area contributed by atoms with E-state index in [1.807, 2.05) is 13.0 Å². The van der Waals surface area contributed by atoms with Crippen LogP contribution in [0.2, 0.25) is 0 Å². The molecule has 0 radical (unpaired) electrons. The molecule has 0 unspecified atom stereocenters. The van der Waals surface area contributed by atoms with Crippen molar-refractivity contribution in [3.05, 3.63) is 24.3 Å². The van der Waals surface area contributed by atoms with Crippen molar-refractivity contribution in [3.63, 3.8) is 0 Å². The molecule has 1 N–H and O–H groups in total. The highest BCUT2D eigenvalue weighted by molar-refractivity contribution is 5.87.